The van der Waals surface area contributed by atoms with Crippen LogP contribution in [-0.2, 0) is 16.0 Å². The van der Waals surface area contributed by atoms with E-state index in [1.54, 1.807) is 32.4 Å². The van der Waals surface area contributed by atoms with Gasteiger partial charge in [0.15, 0.2) is 0 Å². The van der Waals surface area contributed by atoms with Gasteiger partial charge < -0.3 is 14.8 Å². The van der Waals surface area contributed by atoms with E-state index in [-0.39, 0.29) is 17.5 Å². The van der Waals surface area contributed by atoms with Crippen molar-refractivity contribution in [3.05, 3.63) is 94.7 Å². The number of ether oxygens (including phenoxy) is 2. The van der Waals surface area contributed by atoms with Crippen molar-refractivity contribution in [3.8, 4) is 11.5 Å². The van der Waals surface area contributed by atoms with E-state index in [0.29, 0.717) is 35.7 Å². The number of carbonyl (C=O) groups is 2. The summed E-state index contributed by atoms with van der Waals surface area (Å²) < 4.78 is 10.8. The molecule has 1 N–H and O–H groups in total. The average molecular weight is 457 g/mol. The number of methoxy groups -OCH3 is 2. The van der Waals surface area contributed by atoms with Crippen LogP contribution < -0.4 is 14.8 Å². The van der Waals surface area contributed by atoms with Gasteiger partial charge in [0.25, 0.3) is 11.8 Å². The second-order valence-corrected chi connectivity index (χ2v) is 8.26. The fraction of sp³-hybridized carbons (Fsp3) is 0.214. The minimum atomic E-state index is -0.353. The van der Waals surface area contributed by atoms with Crippen LogP contribution in [-0.4, -0.2) is 37.5 Å². The van der Waals surface area contributed by atoms with Crippen LogP contribution >= 0.6 is 0 Å². The van der Waals surface area contributed by atoms with Gasteiger partial charge in [0.2, 0.25) is 0 Å². The van der Waals surface area contributed by atoms with Crippen molar-refractivity contribution in [1.29, 1.82) is 0 Å². The van der Waals surface area contributed by atoms with Gasteiger partial charge >= 0.3 is 0 Å². The zero-order valence-corrected chi connectivity index (χ0v) is 19.8. The molecule has 0 aliphatic carbocycles. The van der Waals surface area contributed by atoms with Crippen LogP contribution in [0, 0.1) is 13.8 Å². The molecule has 0 saturated heterocycles. The normalized spacial score (nSPS) is 13.5. The summed E-state index contributed by atoms with van der Waals surface area (Å²) in [5.74, 6) is 0.482. The van der Waals surface area contributed by atoms with E-state index >= 15 is 0 Å². The lowest BCUT2D eigenvalue weighted by atomic mass is 9.97. The Balaban J connectivity index is 1.74. The van der Waals surface area contributed by atoms with E-state index in [9.17, 15) is 9.59 Å². The van der Waals surface area contributed by atoms with Crippen LogP contribution in [0.5, 0.6) is 11.5 Å². The highest BCUT2D eigenvalue weighted by atomic mass is 16.5. The number of benzene rings is 3. The van der Waals surface area contributed by atoms with Crippen LogP contribution in [0.2, 0.25) is 0 Å². The predicted molar refractivity (Wildman–Crippen MR) is 133 cm³/mol. The Bertz CT molecular complexity index is 1260. The summed E-state index contributed by atoms with van der Waals surface area (Å²) >= 11 is 0. The first kappa shape index (κ1) is 23.1. The highest BCUT2D eigenvalue weighted by molar-refractivity contribution is 6.36. The van der Waals surface area contributed by atoms with E-state index in [2.05, 4.69) is 5.32 Å². The van der Waals surface area contributed by atoms with Crippen molar-refractivity contribution < 1.29 is 19.1 Å². The molecule has 0 spiro atoms. The molecule has 1 heterocycles. The number of imide groups is 1. The van der Waals surface area contributed by atoms with Gasteiger partial charge in [-0.2, -0.15) is 0 Å². The summed E-state index contributed by atoms with van der Waals surface area (Å²) in [4.78, 5) is 28.5. The van der Waals surface area contributed by atoms with Crippen LogP contribution in [0.4, 0.5) is 5.69 Å². The monoisotopic (exact) mass is 456 g/mol. The molecule has 1 aliphatic rings. The zero-order valence-electron chi connectivity index (χ0n) is 19.8. The molecule has 0 aromatic heterocycles. The van der Waals surface area contributed by atoms with Crippen LogP contribution in [0.3, 0.4) is 0 Å². The van der Waals surface area contributed by atoms with E-state index in [1.165, 1.54) is 4.90 Å². The standard InChI is InChI=1S/C28H28N2O4/c1-18-10-12-22(19(2)16-18)25-26(29-23-13-11-21(33-3)17-24(23)34-4)28(32)30(27(25)31)15-14-20-8-6-5-7-9-20/h5-13,16-17,29H,14-15H2,1-4H3. The average Bonchev–Trinajstić information content (AvgIpc) is 3.07. The summed E-state index contributed by atoms with van der Waals surface area (Å²) in [6.45, 7) is 4.24. The Kier molecular flexibility index (Phi) is 6.68. The molecule has 3 aromatic rings. The van der Waals surface area contributed by atoms with Crippen LogP contribution in [0.15, 0.2) is 72.4 Å². The van der Waals surface area contributed by atoms with E-state index in [0.717, 1.165) is 22.3 Å². The summed E-state index contributed by atoms with van der Waals surface area (Å²) in [6.07, 6.45) is 0.581. The summed E-state index contributed by atoms with van der Waals surface area (Å²) in [5, 5.41) is 3.20. The Morgan fingerprint density at radius 3 is 2.29 bits per heavy atom. The molecule has 0 unspecified atom stereocenters. The molecule has 6 nitrogen and oxygen atoms in total. The molecule has 4 rings (SSSR count). The lowest BCUT2D eigenvalue weighted by Gasteiger charge is -2.16. The second kappa shape index (κ2) is 9.83. The van der Waals surface area contributed by atoms with Crippen molar-refractivity contribution in [2.75, 3.05) is 26.1 Å². The maximum atomic E-state index is 13.6. The molecule has 0 atom stereocenters. The molecule has 0 fully saturated rings. The number of hydrogen-bond acceptors (Lipinski definition) is 5. The first-order valence-corrected chi connectivity index (χ1v) is 11.1. The minimum absolute atomic E-state index is 0.244. The SMILES string of the molecule is COc1ccc(NC2=C(c3ccc(C)cc3C)C(=O)N(CCc3ccccc3)C2=O)c(OC)c1. The first-order chi connectivity index (χ1) is 16.4. The van der Waals surface area contributed by atoms with E-state index in [4.69, 9.17) is 9.47 Å². The van der Waals surface area contributed by atoms with Gasteiger partial charge in [0.1, 0.15) is 17.2 Å². The molecule has 3 aromatic carbocycles. The molecule has 0 saturated carbocycles. The van der Waals surface area contributed by atoms with Crippen molar-refractivity contribution >= 4 is 23.1 Å². The van der Waals surface area contributed by atoms with Crippen LogP contribution in [0.25, 0.3) is 5.57 Å². The third-order valence-electron chi connectivity index (χ3n) is 5.95. The second-order valence-electron chi connectivity index (χ2n) is 8.26. The predicted octanol–water partition coefficient (Wildman–Crippen LogP) is 4.76. The quantitative estimate of drug-likeness (QED) is 0.495. The molecule has 0 bridgehead atoms. The lowest BCUT2D eigenvalue weighted by Crippen LogP contribution is -2.34. The molecule has 174 valence electrons. The molecular formula is C28H28N2O4. The van der Waals surface area contributed by atoms with Gasteiger partial charge in [-0.15, -0.1) is 0 Å². The number of amides is 2. The number of rotatable bonds is 8. The highest BCUT2D eigenvalue weighted by Gasteiger charge is 2.39. The zero-order chi connectivity index (χ0) is 24.2. The minimum Gasteiger partial charge on any atom is -0.497 e. The third kappa shape index (κ3) is 4.53. The number of hydrogen-bond donors (Lipinski definition) is 1. The van der Waals surface area contributed by atoms with E-state index < -0.39 is 0 Å². The third-order valence-corrected chi connectivity index (χ3v) is 5.95. The van der Waals surface area contributed by atoms with Crippen molar-refractivity contribution in [1.82, 2.24) is 4.90 Å². The van der Waals surface area contributed by atoms with Crippen molar-refractivity contribution in [3.63, 3.8) is 0 Å². The molecule has 34 heavy (non-hydrogen) atoms. The maximum absolute atomic E-state index is 13.6. The fourth-order valence-electron chi connectivity index (χ4n) is 4.16. The van der Waals surface area contributed by atoms with Gasteiger partial charge in [-0.3, -0.25) is 14.5 Å². The molecule has 0 radical (unpaired) electrons. The Labute approximate surface area is 199 Å². The highest BCUT2D eigenvalue weighted by Crippen LogP contribution is 2.36. The van der Waals surface area contributed by atoms with Gasteiger partial charge in [0.05, 0.1) is 25.5 Å². The topological polar surface area (TPSA) is 67.9 Å². The van der Waals surface area contributed by atoms with Gasteiger partial charge in [-0.25, -0.2) is 0 Å². The maximum Gasteiger partial charge on any atom is 0.278 e. The van der Waals surface area contributed by atoms with Crippen LogP contribution in [0.1, 0.15) is 22.3 Å². The Morgan fingerprint density at radius 2 is 1.62 bits per heavy atom. The smallest absolute Gasteiger partial charge is 0.278 e. The van der Waals surface area contributed by atoms with Gasteiger partial charge in [0, 0.05) is 12.6 Å². The molecule has 6 heteroatoms. The van der Waals surface area contributed by atoms with E-state index in [1.807, 2.05) is 62.4 Å². The van der Waals surface area contributed by atoms with Crippen molar-refractivity contribution in [2.24, 2.45) is 0 Å². The fourth-order valence-corrected chi connectivity index (χ4v) is 4.16. The van der Waals surface area contributed by atoms with Crippen molar-refractivity contribution in [2.45, 2.75) is 20.3 Å². The number of anilines is 1. The molecule has 2 amide bonds. The Hall–Kier alpha value is -4.06. The summed E-state index contributed by atoms with van der Waals surface area (Å²) in [6, 6.07) is 21.0. The number of carbonyl (C=O) groups excluding carboxylic acids is 2. The molecule has 1 aliphatic heterocycles. The number of nitrogens with zero attached hydrogens (tertiary/aromatic N) is 1. The van der Waals surface area contributed by atoms with Gasteiger partial charge in [-0.05, 0) is 49.1 Å². The summed E-state index contributed by atoms with van der Waals surface area (Å²) in [5.41, 5.74) is 5.01. The summed E-state index contributed by atoms with van der Waals surface area (Å²) in [7, 11) is 3.12. The molecular weight excluding hydrogens is 428 g/mol. The first-order valence-electron chi connectivity index (χ1n) is 11.1. The lowest BCUT2D eigenvalue weighted by molar-refractivity contribution is -0.136. The number of nitrogens with one attached hydrogen (secondary N) is 1. The Morgan fingerprint density at radius 1 is 0.853 bits per heavy atom. The number of aryl methyl sites for hydroxylation is 2. The van der Waals surface area contributed by atoms with Gasteiger partial charge in [-0.1, -0.05) is 54.1 Å². The largest absolute Gasteiger partial charge is 0.497 e.